The molecule has 1 amide bonds. The first kappa shape index (κ1) is 21.2. The number of rotatable bonds is 9. The molecule has 0 radical (unpaired) electrons. The third-order valence-electron chi connectivity index (χ3n) is 4.37. The Hall–Kier alpha value is -2.06. The molecule has 1 unspecified atom stereocenters. The van der Waals surface area contributed by atoms with E-state index in [0.29, 0.717) is 25.1 Å². The highest BCUT2D eigenvalue weighted by Crippen LogP contribution is 2.20. The number of ether oxygens (including phenoxy) is 1. The zero-order valence-electron chi connectivity index (χ0n) is 15.6. The van der Waals surface area contributed by atoms with Gasteiger partial charge in [-0.1, -0.05) is 18.2 Å². The Morgan fingerprint density at radius 2 is 2.04 bits per heavy atom. The first-order valence-corrected chi connectivity index (χ1v) is 10.1. The van der Waals surface area contributed by atoms with E-state index in [-0.39, 0.29) is 12.5 Å². The molecule has 7 nitrogen and oxygen atoms in total. The standard InChI is InChI=1S/C19H26N2O5S/c1-3-26-19(25)15(12-27-14-8-5-4-6-9-14)20-13(2)17(22)21-11-7-10-16(21)18(23)24/h4-6,8-9,13,15-16,20H,3,7,10-12H2,1-2H3,(H,23,24)/t13-,15?,16-/m0/s1. The maximum Gasteiger partial charge on any atom is 0.326 e. The lowest BCUT2D eigenvalue weighted by atomic mass is 10.2. The van der Waals surface area contributed by atoms with Gasteiger partial charge in [0.15, 0.2) is 0 Å². The smallest absolute Gasteiger partial charge is 0.326 e. The Bertz CT molecular complexity index is 655. The van der Waals surface area contributed by atoms with Crippen molar-refractivity contribution in [1.82, 2.24) is 10.2 Å². The highest BCUT2D eigenvalue weighted by atomic mass is 32.2. The van der Waals surface area contributed by atoms with Gasteiger partial charge in [-0.3, -0.25) is 14.9 Å². The summed E-state index contributed by atoms with van der Waals surface area (Å²) < 4.78 is 5.12. The molecule has 1 fully saturated rings. The molecule has 2 N–H and O–H groups in total. The normalized spacial score (nSPS) is 18.7. The summed E-state index contributed by atoms with van der Waals surface area (Å²) in [6.45, 7) is 4.06. The molecule has 1 aliphatic rings. The summed E-state index contributed by atoms with van der Waals surface area (Å²) in [5, 5.41) is 12.3. The monoisotopic (exact) mass is 394 g/mol. The number of carbonyl (C=O) groups is 3. The van der Waals surface area contributed by atoms with Crippen LogP contribution in [0.3, 0.4) is 0 Å². The van der Waals surface area contributed by atoms with Crippen LogP contribution < -0.4 is 5.32 Å². The second kappa shape index (κ2) is 10.3. The number of hydrogen-bond acceptors (Lipinski definition) is 6. The number of nitrogens with one attached hydrogen (secondary N) is 1. The van der Waals surface area contributed by atoms with Gasteiger partial charge >= 0.3 is 11.9 Å². The summed E-state index contributed by atoms with van der Waals surface area (Å²) in [6.07, 6.45) is 1.12. The Morgan fingerprint density at radius 3 is 2.67 bits per heavy atom. The molecule has 0 aromatic heterocycles. The minimum absolute atomic E-state index is 0.253. The van der Waals surface area contributed by atoms with Gasteiger partial charge in [-0.05, 0) is 38.8 Å². The van der Waals surface area contributed by atoms with Crippen molar-refractivity contribution >= 4 is 29.6 Å². The van der Waals surface area contributed by atoms with E-state index < -0.39 is 30.1 Å². The first-order chi connectivity index (χ1) is 12.9. The van der Waals surface area contributed by atoms with E-state index in [1.807, 2.05) is 30.3 Å². The van der Waals surface area contributed by atoms with E-state index in [1.54, 1.807) is 13.8 Å². The van der Waals surface area contributed by atoms with Crippen LogP contribution in [0, 0.1) is 0 Å². The molecule has 8 heteroatoms. The fraction of sp³-hybridized carbons (Fsp3) is 0.526. The average molecular weight is 394 g/mol. The Labute approximate surface area is 163 Å². The number of likely N-dealkylation sites (tertiary alicyclic amines) is 1. The predicted molar refractivity (Wildman–Crippen MR) is 103 cm³/mol. The van der Waals surface area contributed by atoms with Gasteiger partial charge in [0.2, 0.25) is 5.91 Å². The van der Waals surface area contributed by atoms with Crippen molar-refractivity contribution in [3.8, 4) is 0 Å². The van der Waals surface area contributed by atoms with Gasteiger partial charge in [0, 0.05) is 17.2 Å². The molecule has 27 heavy (non-hydrogen) atoms. The lowest BCUT2D eigenvalue weighted by Gasteiger charge is -2.27. The molecule has 0 saturated carbocycles. The third-order valence-corrected chi connectivity index (χ3v) is 5.48. The number of esters is 1. The Morgan fingerprint density at radius 1 is 1.33 bits per heavy atom. The lowest BCUT2D eigenvalue weighted by Crippen LogP contribution is -2.53. The number of thioether (sulfide) groups is 1. The van der Waals surface area contributed by atoms with Gasteiger partial charge in [0.25, 0.3) is 0 Å². The van der Waals surface area contributed by atoms with Crippen LogP contribution in [-0.2, 0) is 19.1 Å². The predicted octanol–water partition coefficient (Wildman–Crippen LogP) is 1.76. The number of nitrogens with zero attached hydrogens (tertiary/aromatic N) is 1. The van der Waals surface area contributed by atoms with Gasteiger partial charge in [-0.2, -0.15) is 0 Å². The summed E-state index contributed by atoms with van der Waals surface area (Å²) in [4.78, 5) is 38.7. The number of carboxylic acid groups (broad SMARTS) is 1. The first-order valence-electron chi connectivity index (χ1n) is 9.07. The maximum atomic E-state index is 12.7. The van der Waals surface area contributed by atoms with E-state index >= 15 is 0 Å². The lowest BCUT2D eigenvalue weighted by molar-refractivity contribution is -0.150. The molecule has 1 heterocycles. The van der Waals surface area contributed by atoms with Gasteiger partial charge in [-0.25, -0.2) is 4.79 Å². The topological polar surface area (TPSA) is 95.9 Å². The molecule has 0 bridgehead atoms. The SMILES string of the molecule is CCOC(=O)C(CSc1ccccc1)N[C@@H](C)C(=O)N1CCC[C@H]1C(=O)O. The third kappa shape index (κ3) is 5.97. The van der Waals surface area contributed by atoms with Crippen molar-refractivity contribution in [1.29, 1.82) is 0 Å². The van der Waals surface area contributed by atoms with Crippen LogP contribution in [0.4, 0.5) is 0 Å². The van der Waals surface area contributed by atoms with E-state index in [0.717, 1.165) is 4.90 Å². The molecular weight excluding hydrogens is 368 g/mol. The van der Waals surface area contributed by atoms with Crippen LogP contribution in [0.2, 0.25) is 0 Å². The molecule has 0 spiro atoms. The van der Waals surface area contributed by atoms with Gasteiger partial charge in [-0.15, -0.1) is 11.8 Å². The molecule has 1 saturated heterocycles. The van der Waals surface area contributed by atoms with Crippen molar-refractivity contribution in [2.75, 3.05) is 18.9 Å². The van der Waals surface area contributed by atoms with Crippen LogP contribution in [-0.4, -0.2) is 64.9 Å². The van der Waals surface area contributed by atoms with Crippen LogP contribution in [0.1, 0.15) is 26.7 Å². The molecule has 2 rings (SSSR count). The van der Waals surface area contributed by atoms with Crippen LogP contribution in [0.5, 0.6) is 0 Å². The van der Waals surface area contributed by atoms with Gasteiger partial charge < -0.3 is 14.7 Å². The fourth-order valence-electron chi connectivity index (χ4n) is 3.03. The van der Waals surface area contributed by atoms with Crippen molar-refractivity contribution < 1.29 is 24.2 Å². The van der Waals surface area contributed by atoms with Crippen molar-refractivity contribution in [2.24, 2.45) is 0 Å². The Kier molecular flexibility index (Phi) is 8.12. The molecule has 1 aromatic carbocycles. The average Bonchev–Trinajstić information content (AvgIpc) is 3.15. The summed E-state index contributed by atoms with van der Waals surface area (Å²) >= 11 is 1.49. The number of benzene rings is 1. The van der Waals surface area contributed by atoms with E-state index in [4.69, 9.17) is 4.74 Å². The number of carbonyl (C=O) groups excluding carboxylic acids is 2. The minimum Gasteiger partial charge on any atom is -0.480 e. The van der Waals surface area contributed by atoms with Crippen LogP contribution in [0.25, 0.3) is 0 Å². The van der Waals surface area contributed by atoms with E-state index in [9.17, 15) is 19.5 Å². The summed E-state index contributed by atoms with van der Waals surface area (Å²) in [5.41, 5.74) is 0. The summed E-state index contributed by atoms with van der Waals surface area (Å²) in [7, 11) is 0. The highest BCUT2D eigenvalue weighted by Gasteiger charge is 2.37. The van der Waals surface area contributed by atoms with Crippen LogP contribution in [0.15, 0.2) is 35.2 Å². The highest BCUT2D eigenvalue weighted by molar-refractivity contribution is 7.99. The number of carboxylic acids is 1. The number of aliphatic carboxylic acids is 1. The van der Waals surface area contributed by atoms with Crippen molar-refractivity contribution in [3.05, 3.63) is 30.3 Å². The van der Waals surface area contributed by atoms with Gasteiger partial charge in [0.1, 0.15) is 12.1 Å². The molecule has 0 aliphatic carbocycles. The molecule has 1 aromatic rings. The van der Waals surface area contributed by atoms with Crippen molar-refractivity contribution in [2.45, 2.75) is 49.7 Å². The second-order valence-electron chi connectivity index (χ2n) is 6.34. The molecule has 3 atom stereocenters. The fourth-order valence-corrected chi connectivity index (χ4v) is 3.97. The molecule has 148 valence electrons. The van der Waals surface area contributed by atoms with Crippen LogP contribution >= 0.6 is 11.8 Å². The maximum absolute atomic E-state index is 12.7. The number of amides is 1. The van der Waals surface area contributed by atoms with Crippen molar-refractivity contribution in [3.63, 3.8) is 0 Å². The molecular formula is C19H26N2O5S. The summed E-state index contributed by atoms with van der Waals surface area (Å²) in [6, 6.07) is 7.51. The van der Waals surface area contributed by atoms with E-state index in [2.05, 4.69) is 5.32 Å². The minimum atomic E-state index is -0.991. The quantitative estimate of drug-likeness (QED) is 0.487. The van der Waals surface area contributed by atoms with E-state index in [1.165, 1.54) is 16.7 Å². The largest absolute Gasteiger partial charge is 0.480 e. The van der Waals surface area contributed by atoms with Gasteiger partial charge in [0.05, 0.1) is 12.6 Å². The Balaban J connectivity index is 2.01. The number of hydrogen-bond donors (Lipinski definition) is 2. The zero-order chi connectivity index (χ0) is 19.8. The summed E-state index contributed by atoms with van der Waals surface area (Å²) in [5.74, 6) is -1.31. The molecule has 1 aliphatic heterocycles. The zero-order valence-corrected chi connectivity index (χ0v) is 16.4. The second-order valence-corrected chi connectivity index (χ2v) is 7.44.